The van der Waals surface area contributed by atoms with Crippen LogP contribution in [0, 0.1) is 6.92 Å². The van der Waals surface area contributed by atoms with Crippen LogP contribution in [0.25, 0.3) is 10.2 Å². The first kappa shape index (κ1) is 8.12. The van der Waals surface area contributed by atoms with Gasteiger partial charge in [0.15, 0.2) is 0 Å². The minimum atomic E-state index is -0.507. The number of fused-ring (bicyclic) bond motifs is 1. The molecule has 0 atom stereocenters. The SMILES string of the molecule is Cc1nsc2nc(C(N)=O)ccc12. The summed E-state index contributed by atoms with van der Waals surface area (Å²) >= 11 is 1.28. The first-order chi connectivity index (χ1) is 6.18. The molecule has 0 fully saturated rings. The maximum atomic E-state index is 10.8. The molecule has 4 nitrogen and oxygen atoms in total. The van der Waals surface area contributed by atoms with Gasteiger partial charge in [0, 0.05) is 5.39 Å². The van der Waals surface area contributed by atoms with E-state index >= 15 is 0 Å². The fourth-order valence-electron chi connectivity index (χ4n) is 1.08. The van der Waals surface area contributed by atoms with Crippen LogP contribution in [0.5, 0.6) is 0 Å². The Bertz CT molecular complexity index is 477. The normalized spacial score (nSPS) is 10.5. The highest BCUT2D eigenvalue weighted by Gasteiger charge is 2.06. The van der Waals surface area contributed by atoms with Crippen LogP contribution in [0.2, 0.25) is 0 Å². The first-order valence-electron chi connectivity index (χ1n) is 3.71. The van der Waals surface area contributed by atoms with Gasteiger partial charge in [-0.1, -0.05) is 0 Å². The van der Waals surface area contributed by atoms with Gasteiger partial charge < -0.3 is 5.73 Å². The number of carbonyl (C=O) groups is 1. The maximum Gasteiger partial charge on any atom is 0.267 e. The van der Waals surface area contributed by atoms with Crippen molar-refractivity contribution < 1.29 is 4.79 Å². The Morgan fingerprint density at radius 3 is 3.00 bits per heavy atom. The van der Waals surface area contributed by atoms with Gasteiger partial charge in [-0.05, 0) is 30.6 Å². The molecule has 2 N–H and O–H groups in total. The number of primary amides is 1. The van der Waals surface area contributed by atoms with Crippen LogP contribution in [-0.2, 0) is 0 Å². The zero-order valence-electron chi connectivity index (χ0n) is 6.94. The molecule has 0 unspecified atom stereocenters. The Labute approximate surface area is 78.6 Å². The number of aryl methyl sites for hydroxylation is 1. The number of hydrogen-bond donors (Lipinski definition) is 1. The highest BCUT2D eigenvalue weighted by atomic mass is 32.1. The zero-order valence-corrected chi connectivity index (χ0v) is 7.76. The molecule has 1 amide bonds. The third kappa shape index (κ3) is 1.27. The monoisotopic (exact) mass is 193 g/mol. The topological polar surface area (TPSA) is 68.9 Å². The van der Waals surface area contributed by atoms with Crippen molar-refractivity contribution in [3.05, 3.63) is 23.5 Å². The van der Waals surface area contributed by atoms with E-state index in [0.717, 1.165) is 15.9 Å². The summed E-state index contributed by atoms with van der Waals surface area (Å²) in [4.78, 5) is 15.6. The molecular weight excluding hydrogens is 186 g/mol. The van der Waals surface area contributed by atoms with Crippen LogP contribution in [-0.4, -0.2) is 15.3 Å². The lowest BCUT2D eigenvalue weighted by Gasteiger charge is -1.93. The molecule has 2 rings (SSSR count). The molecule has 2 heterocycles. The second-order valence-corrected chi connectivity index (χ2v) is 3.43. The van der Waals surface area contributed by atoms with Gasteiger partial charge in [-0.2, -0.15) is 4.37 Å². The molecule has 2 aromatic rings. The molecule has 0 radical (unpaired) electrons. The van der Waals surface area contributed by atoms with Gasteiger partial charge in [0.1, 0.15) is 10.5 Å². The lowest BCUT2D eigenvalue weighted by atomic mass is 10.2. The van der Waals surface area contributed by atoms with Gasteiger partial charge in [-0.25, -0.2) is 4.98 Å². The van der Waals surface area contributed by atoms with Gasteiger partial charge in [0.25, 0.3) is 5.91 Å². The van der Waals surface area contributed by atoms with Crippen molar-refractivity contribution >= 4 is 27.7 Å². The number of aromatic nitrogens is 2. The summed E-state index contributed by atoms with van der Waals surface area (Å²) < 4.78 is 4.12. The molecule has 66 valence electrons. The van der Waals surface area contributed by atoms with Crippen molar-refractivity contribution in [2.75, 3.05) is 0 Å². The highest BCUT2D eigenvalue weighted by Crippen LogP contribution is 2.19. The standard InChI is InChI=1S/C8H7N3OS/c1-4-5-2-3-6(7(9)12)10-8(5)13-11-4/h2-3H,1H3,(H2,9,12). The van der Waals surface area contributed by atoms with Crippen molar-refractivity contribution in [1.29, 1.82) is 0 Å². The van der Waals surface area contributed by atoms with Crippen molar-refractivity contribution in [3.8, 4) is 0 Å². The maximum absolute atomic E-state index is 10.8. The predicted molar refractivity (Wildman–Crippen MR) is 50.7 cm³/mol. The molecule has 0 spiro atoms. The summed E-state index contributed by atoms with van der Waals surface area (Å²) in [5.74, 6) is -0.507. The summed E-state index contributed by atoms with van der Waals surface area (Å²) in [5, 5.41) is 0.981. The van der Waals surface area contributed by atoms with Gasteiger partial charge in [-0.15, -0.1) is 0 Å². The Balaban J connectivity index is 2.70. The average molecular weight is 193 g/mol. The summed E-state index contributed by atoms with van der Waals surface area (Å²) in [6, 6.07) is 3.44. The summed E-state index contributed by atoms with van der Waals surface area (Å²) in [7, 11) is 0. The third-order valence-corrected chi connectivity index (χ3v) is 2.62. The summed E-state index contributed by atoms with van der Waals surface area (Å²) in [5.41, 5.74) is 6.32. The second-order valence-electron chi connectivity index (χ2n) is 2.68. The number of amides is 1. The molecule has 13 heavy (non-hydrogen) atoms. The Hall–Kier alpha value is -1.49. The van der Waals surface area contributed by atoms with E-state index in [1.165, 1.54) is 11.5 Å². The minimum Gasteiger partial charge on any atom is -0.364 e. The van der Waals surface area contributed by atoms with Crippen molar-refractivity contribution in [2.24, 2.45) is 5.73 Å². The smallest absolute Gasteiger partial charge is 0.267 e. The predicted octanol–water partition coefficient (Wildman–Crippen LogP) is 1.10. The van der Waals surface area contributed by atoms with E-state index in [9.17, 15) is 4.79 Å². The number of nitrogens with zero attached hydrogens (tertiary/aromatic N) is 2. The minimum absolute atomic E-state index is 0.288. The largest absolute Gasteiger partial charge is 0.364 e. The van der Waals surface area contributed by atoms with E-state index in [1.807, 2.05) is 13.0 Å². The van der Waals surface area contributed by atoms with E-state index in [0.29, 0.717) is 0 Å². The molecule has 2 aromatic heterocycles. The average Bonchev–Trinajstić information content (AvgIpc) is 2.47. The van der Waals surface area contributed by atoms with Gasteiger partial charge >= 0.3 is 0 Å². The molecule has 0 aliphatic rings. The number of rotatable bonds is 1. The molecule has 0 saturated heterocycles. The lowest BCUT2D eigenvalue weighted by molar-refractivity contribution is 0.0996. The molecule has 0 aliphatic carbocycles. The molecule has 5 heteroatoms. The van der Waals surface area contributed by atoms with Gasteiger partial charge in [0.05, 0.1) is 5.69 Å². The number of pyridine rings is 1. The molecule has 0 bridgehead atoms. The number of carbonyl (C=O) groups excluding carboxylic acids is 1. The second kappa shape index (κ2) is 2.77. The van der Waals surface area contributed by atoms with E-state index in [1.54, 1.807) is 6.07 Å². The first-order valence-corrected chi connectivity index (χ1v) is 4.48. The van der Waals surface area contributed by atoms with Gasteiger partial charge in [-0.3, -0.25) is 4.79 Å². The van der Waals surface area contributed by atoms with Gasteiger partial charge in [0.2, 0.25) is 0 Å². The molecule has 0 aromatic carbocycles. The Morgan fingerprint density at radius 1 is 1.54 bits per heavy atom. The van der Waals surface area contributed by atoms with Crippen LogP contribution in [0.3, 0.4) is 0 Å². The van der Waals surface area contributed by atoms with Crippen LogP contribution < -0.4 is 5.73 Å². The third-order valence-electron chi connectivity index (χ3n) is 1.77. The number of nitrogens with two attached hydrogens (primary N) is 1. The van der Waals surface area contributed by atoms with E-state index in [4.69, 9.17) is 5.73 Å². The fourth-order valence-corrected chi connectivity index (χ4v) is 1.86. The molecular formula is C8H7N3OS. The van der Waals surface area contributed by atoms with Crippen molar-refractivity contribution in [3.63, 3.8) is 0 Å². The molecule has 0 aliphatic heterocycles. The highest BCUT2D eigenvalue weighted by molar-refractivity contribution is 7.12. The van der Waals surface area contributed by atoms with E-state index in [-0.39, 0.29) is 5.69 Å². The van der Waals surface area contributed by atoms with Crippen LogP contribution >= 0.6 is 11.5 Å². The van der Waals surface area contributed by atoms with E-state index in [2.05, 4.69) is 9.36 Å². The Morgan fingerprint density at radius 2 is 2.31 bits per heavy atom. The zero-order chi connectivity index (χ0) is 9.42. The lowest BCUT2D eigenvalue weighted by Crippen LogP contribution is -2.12. The summed E-state index contributed by atoms with van der Waals surface area (Å²) in [6.07, 6.45) is 0. The number of hydrogen-bond acceptors (Lipinski definition) is 4. The quantitative estimate of drug-likeness (QED) is 0.737. The van der Waals surface area contributed by atoms with Crippen LogP contribution in [0.15, 0.2) is 12.1 Å². The van der Waals surface area contributed by atoms with Crippen molar-refractivity contribution in [2.45, 2.75) is 6.92 Å². The van der Waals surface area contributed by atoms with E-state index < -0.39 is 5.91 Å². The van der Waals surface area contributed by atoms with Crippen LogP contribution in [0.1, 0.15) is 16.2 Å². The Kier molecular flexibility index (Phi) is 1.73. The molecule has 0 saturated carbocycles. The van der Waals surface area contributed by atoms with Crippen molar-refractivity contribution in [1.82, 2.24) is 9.36 Å². The van der Waals surface area contributed by atoms with Crippen LogP contribution in [0.4, 0.5) is 0 Å². The summed E-state index contributed by atoms with van der Waals surface area (Å²) in [6.45, 7) is 1.91. The fraction of sp³-hybridized carbons (Fsp3) is 0.125.